The van der Waals surface area contributed by atoms with Crippen LogP contribution in [0.25, 0.3) is 0 Å². The predicted molar refractivity (Wildman–Crippen MR) is 88.8 cm³/mol. The molecule has 138 valence electrons. The number of allylic oxidation sites excluding steroid dienone is 2. The summed E-state index contributed by atoms with van der Waals surface area (Å²) in [6, 6.07) is -0.809. The van der Waals surface area contributed by atoms with Gasteiger partial charge >= 0.3 is 11.9 Å². The molecule has 0 aromatic carbocycles. The molecule has 0 bridgehead atoms. The van der Waals surface area contributed by atoms with E-state index in [4.69, 9.17) is 9.47 Å². The topological polar surface area (TPSA) is 108 Å². The van der Waals surface area contributed by atoms with Crippen molar-refractivity contribution in [3.8, 4) is 0 Å². The standard InChI is InChI=1S/C17H24N2O6/c1-9-13(16(20)24-3)15(14(10(2)18-9)17(21)25-4)11-7-5-6-8-12(11)19(22)23/h11-12,15,18H,5-8H2,1-4H3. The number of methoxy groups -OCH3 is 2. The summed E-state index contributed by atoms with van der Waals surface area (Å²) in [7, 11) is 2.52. The summed E-state index contributed by atoms with van der Waals surface area (Å²) in [4.78, 5) is 36.1. The van der Waals surface area contributed by atoms with E-state index in [0.29, 0.717) is 24.2 Å². The highest BCUT2D eigenvalue weighted by Crippen LogP contribution is 2.43. The SMILES string of the molecule is COC(=O)C1=C(C)NC(C)=C(C(=O)OC)C1C1CCCCC1[N+](=O)[O-]. The second-order valence-electron chi connectivity index (χ2n) is 6.46. The fraction of sp³-hybridized carbons (Fsp3) is 0.647. The molecule has 1 heterocycles. The zero-order valence-corrected chi connectivity index (χ0v) is 15.0. The van der Waals surface area contributed by atoms with E-state index < -0.39 is 29.8 Å². The van der Waals surface area contributed by atoms with Gasteiger partial charge in [0.2, 0.25) is 6.04 Å². The van der Waals surface area contributed by atoms with Crippen molar-refractivity contribution in [1.82, 2.24) is 5.32 Å². The van der Waals surface area contributed by atoms with Crippen LogP contribution in [0.5, 0.6) is 0 Å². The molecule has 2 unspecified atom stereocenters. The first-order valence-electron chi connectivity index (χ1n) is 8.32. The predicted octanol–water partition coefficient (Wildman–Crippen LogP) is 1.94. The van der Waals surface area contributed by atoms with Crippen LogP contribution in [0.2, 0.25) is 0 Å². The third kappa shape index (κ3) is 3.52. The number of carbonyl (C=O) groups excluding carboxylic acids is 2. The molecule has 1 N–H and O–H groups in total. The number of rotatable bonds is 4. The Morgan fingerprint density at radius 2 is 1.52 bits per heavy atom. The number of dihydropyridines is 1. The van der Waals surface area contributed by atoms with Crippen molar-refractivity contribution in [3.05, 3.63) is 32.7 Å². The number of nitro groups is 1. The Bertz CT molecular complexity index is 614. The van der Waals surface area contributed by atoms with Gasteiger partial charge in [0.25, 0.3) is 0 Å². The smallest absolute Gasteiger partial charge is 0.336 e. The maximum absolute atomic E-state index is 12.4. The normalized spacial score (nSPS) is 24.6. The van der Waals surface area contributed by atoms with Crippen LogP contribution in [0.15, 0.2) is 22.5 Å². The second kappa shape index (κ2) is 7.67. The third-order valence-corrected chi connectivity index (χ3v) is 5.10. The van der Waals surface area contributed by atoms with Crippen molar-refractivity contribution in [2.45, 2.75) is 45.6 Å². The zero-order chi connectivity index (χ0) is 18.7. The van der Waals surface area contributed by atoms with Crippen LogP contribution >= 0.6 is 0 Å². The molecule has 1 aliphatic heterocycles. The van der Waals surface area contributed by atoms with E-state index in [2.05, 4.69) is 5.32 Å². The summed E-state index contributed by atoms with van der Waals surface area (Å²) in [6.45, 7) is 3.42. The average Bonchev–Trinajstić information content (AvgIpc) is 2.59. The Morgan fingerprint density at radius 3 is 1.96 bits per heavy atom. The lowest BCUT2D eigenvalue weighted by molar-refractivity contribution is -0.537. The number of carbonyl (C=O) groups is 2. The number of nitrogens with one attached hydrogen (secondary N) is 1. The van der Waals surface area contributed by atoms with Crippen LogP contribution in [0.3, 0.4) is 0 Å². The molecule has 2 rings (SSSR count). The van der Waals surface area contributed by atoms with E-state index in [1.54, 1.807) is 13.8 Å². The minimum atomic E-state index is -0.809. The largest absolute Gasteiger partial charge is 0.466 e. The van der Waals surface area contributed by atoms with Crippen LogP contribution in [0.1, 0.15) is 39.5 Å². The molecule has 0 amide bonds. The molecular formula is C17H24N2O6. The molecule has 1 fully saturated rings. The van der Waals surface area contributed by atoms with Gasteiger partial charge in [-0.3, -0.25) is 10.1 Å². The summed E-state index contributed by atoms with van der Waals surface area (Å²) in [5, 5.41) is 14.6. The molecule has 0 saturated heterocycles. The van der Waals surface area contributed by atoms with Gasteiger partial charge in [-0.05, 0) is 26.7 Å². The average molecular weight is 352 g/mol. The van der Waals surface area contributed by atoms with Gasteiger partial charge in [0.1, 0.15) is 0 Å². The van der Waals surface area contributed by atoms with Gasteiger partial charge in [0.05, 0.1) is 25.4 Å². The van der Waals surface area contributed by atoms with Gasteiger partial charge in [-0.25, -0.2) is 9.59 Å². The van der Waals surface area contributed by atoms with E-state index in [1.807, 2.05) is 0 Å². The number of hydrogen-bond donors (Lipinski definition) is 1. The van der Waals surface area contributed by atoms with Crippen LogP contribution in [-0.2, 0) is 19.1 Å². The summed E-state index contributed by atoms with van der Waals surface area (Å²) < 4.78 is 9.78. The molecule has 2 aliphatic rings. The fourth-order valence-corrected chi connectivity index (χ4v) is 4.03. The molecule has 0 aromatic heterocycles. The second-order valence-corrected chi connectivity index (χ2v) is 6.46. The van der Waals surface area contributed by atoms with Crippen molar-refractivity contribution in [1.29, 1.82) is 0 Å². The molecule has 8 heteroatoms. The summed E-state index contributed by atoms with van der Waals surface area (Å²) in [5.74, 6) is -2.34. The lowest BCUT2D eigenvalue weighted by Gasteiger charge is -2.37. The van der Waals surface area contributed by atoms with Gasteiger partial charge in [0.15, 0.2) is 0 Å². The van der Waals surface area contributed by atoms with Crippen LogP contribution < -0.4 is 5.32 Å². The highest BCUT2D eigenvalue weighted by atomic mass is 16.6. The number of esters is 2. The summed E-state index contributed by atoms with van der Waals surface area (Å²) in [5.41, 5.74) is 1.64. The minimum Gasteiger partial charge on any atom is -0.466 e. The van der Waals surface area contributed by atoms with Crippen LogP contribution in [-0.4, -0.2) is 37.1 Å². The van der Waals surface area contributed by atoms with Crippen LogP contribution in [0, 0.1) is 22.0 Å². The van der Waals surface area contributed by atoms with E-state index in [9.17, 15) is 19.7 Å². The molecule has 0 spiro atoms. The molecule has 1 aliphatic carbocycles. The van der Waals surface area contributed by atoms with Gasteiger partial charge in [0, 0.05) is 34.6 Å². The van der Waals surface area contributed by atoms with E-state index >= 15 is 0 Å². The maximum atomic E-state index is 12.4. The Morgan fingerprint density at radius 1 is 1.04 bits per heavy atom. The zero-order valence-electron chi connectivity index (χ0n) is 15.0. The minimum absolute atomic E-state index is 0.271. The van der Waals surface area contributed by atoms with Crippen molar-refractivity contribution >= 4 is 11.9 Å². The van der Waals surface area contributed by atoms with E-state index in [0.717, 1.165) is 12.8 Å². The van der Waals surface area contributed by atoms with Crippen molar-refractivity contribution in [2.24, 2.45) is 11.8 Å². The van der Waals surface area contributed by atoms with E-state index in [1.165, 1.54) is 14.2 Å². The highest BCUT2D eigenvalue weighted by molar-refractivity contribution is 5.97. The third-order valence-electron chi connectivity index (χ3n) is 5.10. The van der Waals surface area contributed by atoms with Gasteiger partial charge < -0.3 is 14.8 Å². The first kappa shape index (κ1) is 19.0. The number of nitrogens with zero attached hydrogens (tertiary/aromatic N) is 1. The quantitative estimate of drug-likeness (QED) is 0.468. The molecular weight excluding hydrogens is 328 g/mol. The first-order valence-corrected chi connectivity index (χ1v) is 8.32. The lowest BCUT2D eigenvalue weighted by atomic mass is 9.68. The van der Waals surface area contributed by atoms with Gasteiger partial charge in [-0.2, -0.15) is 0 Å². The molecule has 25 heavy (non-hydrogen) atoms. The van der Waals surface area contributed by atoms with Crippen molar-refractivity contribution in [3.63, 3.8) is 0 Å². The van der Waals surface area contributed by atoms with Crippen molar-refractivity contribution < 1.29 is 24.0 Å². The van der Waals surface area contributed by atoms with Crippen molar-refractivity contribution in [2.75, 3.05) is 14.2 Å². The van der Waals surface area contributed by atoms with Gasteiger partial charge in [-0.15, -0.1) is 0 Å². The molecule has 1 saturated carbocycles. The Balaban J connectivity index is 2.61. The molecule has 0 aromatic rings. The summed E-state index contributed by atoms with van der Waals surface area (Å²) >= 11 is 0. The highest BCUT2D eigenvalue weighted by Gasteiger charge is 2.48. The fourth-order valence-electron chi connectivity index (χ4n) is 4.03. The molecule has 2 atom stereocenters. The Kier molecular flexibility index (Phi) is 5.81. The lowest BCUT2D eigenvalue weighted by Crippen LogP contribution is -2.44. The Hall–Kier alpha value is -2.38. The molecule has 8 nitrogen and oxygen atoms in total. The monoisotopic (exact) mass is 352 g/mol. The number of hydrogen-bond acceptors (Lipinski definition) is 7. The summed E-state index contributed by atoms with van der Waals surface area (Å²) in [6.07, 6.45) is 2.58. The first-order chi connectivity index (χ1) is 11.8. The van der Waals surface area contributed by atoms with Crippen LogP contribution in [0.4, 0.5) is 0 Å². The Labute approximate surface area is 146 Å². The van der Waals surface area contributed by atoms with E-state index in [-0.39, 0.29) is 16.1 Å². The maximum Gasteiger partial charge on any atom is 0.336 e. The molecule has 0 radical (unpaired) electrons. The van der Waals surface area contributed by atoms with Gasteiger partial charge in [-0.1, -0.05) is 6.42 Å². The number of ether oxygens (including phenoxy) is 2.